The molecule has 124 valence electrons. The largest absolute Gasteiger partial charge is 0.393 e. The second-order valence-corrected chi connectivity index (χ2v) is 8.56. The van der Waals surface area contributed by atoms with Crippen LogP contribution in [0.3, 0.4) is 0 Å². The molecule has 1 aliphatic heterocycles. The maximum absolute atomic E-state index is 10.6. The molecule has 0 unspecified atom stereocenters. The van der Waals surface area contributed by atoms with Gasteiger partial charge in [-0.1, -0.05) is 6.92 Å². The molecule has 0 radical (unpaired) electrons. The number of fused-ring (bicyclic) bond motifs is 1. The summed E-state index contributed by atoms with van der Waals surface area (Å²) in [5.41, 5.74) is 0. The minimum absolute atomic E-state index is 0.154. The normalized spacial score (nSPS) is 31.9. The van der Waals surface area contributed by atoms with E-state index in [4.69, 9.17) is 0 Å². The van der Waals surface area contributed by atoms with E-state index in [1.165, 1.54) is 23.1 Å². The van der Waals surface area contributed by atoms with Crippen molar-refractivity contribution in [3.63, 3.8) is 0 Å². The van der Waals surface area contributed by atoms with Gasteiger partial charge in [-0.3, -0.25) is 0 Å². The Kier molecular flexibility index (Phi) is 4.01. The molecule has 1 saturated carbocycles. The summed E-state index contributed by atoms with van der Waals surface area (Å²) in [6.45, 7) is 5.50. The highest BCUT2D eigenvalue weighted by Crippen LogP contribution is 2.40. The van der Waals surface area contributed by atoms with Crippen LogP contribution in [0, 0.1) is 18.8 Å². The summed E-state index contributed by atoms with van der Waals surface area (Å²) in [5, 5.41) is 11.8. The van der Waals surface area contributed by atoms with Crippen molar-refractivity contribution < 1.29 is 5.11 Å². The lowest BCUT2D eigenvalue weighted by molar-refractivity contribution is 0.0390. The Hall–Kier alpha value is -1.20. The van der Waals surface area contributed by atoms with Crippen molar-refractivity contribution in [1.82, 2.24) is 9.97 Å². The Morgan fingerprint density at radius 2 is 2.13 bits per heavy atom. The standard InChI is InChI=1S/C18H25N3OS/c1-11-5-6-16(22)13(8-11)15-4-3-7-21(15)17-14-9-12(2)23-18(14)20-10-19-17/h9-11,13,15-16,22H,3-8H2,1-2H3/t11-,13-,15+,16+/m0/s1. The summed E-state index contributed by atoms with van der Waals surface area (Å²) in [7, 11) is 0. The van der Waals surface area contributed by atoms with Crippen LogP contribution in [0.1, 0.15) is 43.9 Å². The molecule has 0 aromatic carbocycles. The van der Waals surface area contributed by atoms with Gasteiger partial charge in [0.25, 0.3) is 0 Å². The lowest BCUT2D eigenvalue weighted by atomic mass is 9.76. The third kappa shape index (κ3) is 2.74. The van der Waals surface area contributed by atoms with Gasteiger partial charge in [0.05, 0.1) is 11.5 Å². The summed E-state index contributed by atoms with van der Waals surface area (Å²) in [5.74, 6) is 2.18. The number of aromatic nitrogens is 2. The van der Waals surface area contributed by atoms with Gasteiger partial charge in [0, 0.05) is 23.4 Å². The van der Waals surface area contributed by atoms with Crippen molar-refractivity contribution in [2.45, 2.75) is 58.1 Å². The Bertz CT molecular complexity index is 701. The maximum atomic E-state index is 10.6. The molecule has 1 N–H and O–H groups in total. The second-order valence-electron chi connectivity index (χ2n) is 7.33. The van der Waals surface area contributed by atoms with E-state index in [2.05, 4.69) is 34.8 Å². The van der Waals surface area contributed by atoms with Crippen LogP contribution < -0.4 is 4.90 Å². The van der Waals surface area contributed by atoms with Gasteiger partial charge in [0.2, 0.25) is 0 Å². The van der Waals surface area contributed by atoms with Crippen molar-refractivity contribution in [3.05, 3.63) is 17.3 Å². The topological polar surface area (TPSA) is 49.2 Å². The van der Waals surface area contributed by atoms with Gasteiger partial charge in [-0.15, -0.1) is 11.3 Å². The number of aliphatic hydroxyl groups excluding tert-OH is 1. The molecule has 1 saturated heterocycles. The summed E-state index contributed by atoms with van der Waals surface area (Å²) in [6, 6.07) is 2.64. The van der Waals surface area contributed by atoms with Crippen molar-refractivity contribution >= 4 is 27.4 Å². The van der Waals surface area contributed by atoms with E-state index < -0.39 is 0 Å². The van der Waals surface area contributed by atoms with Gasteiger partial charge in [-0.2, -0.15) is 0 Å². The zero-order chi connectivity index (χ0) is 16.0. The summed E-state index contributed by atoms with van der Waals surface area (Å²) < 4.78 is 0. The second kappa shape index (κ2) is 6.02. The first-order chi connectivity index (χ1) is 11.1. The Labute approximate surface area is 141 Å². The van der Waals surface area contributed by atoms with Gasteiger partial charge in [0.15, 0.2) is 0 Å². The van der Waals surface area contributed by atoms with Crippen LogP contribution in [0.4, 0.5) is 5.82 Å². The van der Waals surface area contributed by atoms with Crippen LogP contribution in [0.2, 0.25) is 0 Å². The van der Waals surface area contributed by atoms with Gasteiger partial charge in [0.1, 0.15) is 17.0 Å². The molecular formula is C18H25N3OS. The highest BCUT2D eigenvalue weighted by atomic mass is 32.1. The molecule has 2 fully saturated rings. The first kappa shape index (κ1) is 15.3. The van der Waals surface area contributed by atoms with E-state index in [0.717, 1.165) is 42.4 Å². The number of nitrogens with zero attached hydrogens (tertiary/aromatic N) is 3. The molecule has 2 aromatic rings. The highest BCUT2D eigenvalue weighted by Gasteiger charge is 2.39. The monoisotopic (exact) mass is 331 g/mol. The zero-order valence-electron chi connectivity index (χ0n) is 13.9. The molecule has 3 heterocycles. The van der Waals surface area contributed by atoms with Crippen molar-refractivity contribution in [1.29, 1.82) is 0 Å². The number of hydrogen-bond acceptors (Lipinski definition) is 5. The first-order valence-electron chi connectivity index (χ1n) is 8.79. The minimum atomic E-state index is -0.154. The van der Waals surface area contributed by atoms with E-state index in [-0.39, 0.29) is 6.10 Å². The summed E-state index contributed by atoms with van der Waals surface area (Å²) in [4.78, 5) is 13.9. The maximum Gasteiger partial charge on any atom is 0.141 e. The van der Waals surface area contributed by atoms with E-state index in [1.54, 1.807) is 17.7 Å². The number of aryl methyl sites for hydroxylation is 1. The average Bonchev–Trinajstić information content (AvgIpc) is 3.14. The molecule has 0 amide bonds. The molecule has 0 spiro atoms. The predicted molar refractivity (Wildman–Crippen MR) is 95.0 cm³/mol. The Morgan fingerprint density at radius 1 is 1.26 bits per heavy atom. The van der Waals surface area contributed by atoms with E-state index in [9.17, 15) is 5.11 Å². The quantitative estimate of drug-likeness (QED) is 0.910. The smallest absolute Gasteiger partial charge is 0.141 e. The van der Waals surface area contributed by atoms with Crippen LogP contribution in [0.5, 0.6) is 0 Å². The molecule has 2 aromatic heterocycles. The molecule has 5 heteroatoms. The minimum Gasteiger partial charge on any atom is -0.393 e. The molecule has 1 aliphatic carbocycles. The lowest BCUT2D eigenvalue weighted by Gasteiger charge is -2.39. The van der Waals surface area contributed by atoms with Crippen LogP contribution >= 0.6 is 11.3 Å². The van der Waals surface area contributed by atoms with E-state index in [1.807, 2.05) is 0 Å². The van der Waals surface area contributed by atoms with Gasteiger partial charge in [-0.25, -0.2) is 9.97 Å². The van der Waals surface area contributed by atoms with Crippen molar-refractivity contribution in [3.8, 4) is 0 Å². The molecular weight excluding hydrogens is 306 g/mol. The number of anilines is 1. The van der Waals surface area contributed by atoms with Crippen molar-refractivity contribution in [2.75, 3.05) is 11.4 Å². The third-order valence-electron chi connectivity index (χ3n) is 5.62. The third-order valence-corrected chi connectivity index (χ3v) is 6.58. The molecule has 2 aliphatic rings. The average molecular weight is 331 g/mol. The predicted octanol–water partition coefficient (Wildman–Crippen LogP) is 3.77. The SMILES string of the molecule is Cc1cc2c(N3CCC[C@@H]3[C@@H]3C[C@@H](C)CC[C@H]3O)ncnc2s1. The van der Waals surface area contributed by atoms with E-state index in [0.29, 0.717) is 12.0 Å². The fourth-order valence-corrected chi connectivity index (χ4v) is 5.36. The fraction of sp³-hybridized carbons (Fsp3) is 0.667. The molecule has 0 bridgehead atoms. The number of hydrogen-bond donors (Lipinski definition) is 1. The zero-order valence-corrected chi connectivity index (χ0v) is 14.7. The fourth-order valence-electron chi connectivity index (χ4n) is 4.52. The highest BCUT2D eigenvalue weighted by molar-refractivity contribution is 7.18. The Morgan fingerprint density at radius 3 is 3.00 bits per heavy atom. The number of thiophene rings is 1. The van der Waals surface area contributed by atoms with Crippen LogP contribution in [-0.4, -0.2) is 33.8 Å². The molecule has 4 rings (SSSR count). The number of aliphatic hydroxyl groups is 1. The van der Waals surface area contributed by atoms with Gasteiger partial charge in [-0.05, 0) is 51.0 Å². The van der Waals surface area contributed by atoms with Crippen LogP contribution in [-0.2, 0) is 0 Å². The van der Waals surface area contributed by atoms with Crippen molar-refractivity contribution in [2.24, 2.45) is 11.8 Å². The summed E-state index contributed by atoms with van der Waals surface area (Å²) >= 11 is 1.74. The van der Waals surface area contributed by atoms with Crippen LogP contribution in [0.15, 0.2) is 12.4 Å². The lowest BCUT2D eigenvalue weighted by Crippen LogP contribution is -2.44. The Balaban J connectivity index is 1.69. The molecule has 23 heavy (non-hydrogen) atoms. The molecule has 4 atom stereocenters. The summed E-state index contributed by atoms with van der Waals surface area (Å²) in [6.07, 6.45) is 7.15. The van der Waals surface area contributed by atoms with Crippen LogP contribution in [0.25, 0.3) is 10.2 Å². The first-order valence-corrected chi connectivity index (χ1v) is 9.61. The number of rotatable bonds is 2. The van der Waals surface area contributed by atoms with Gasteiger partial charge >= 0.3 is 0 Å². The van der Waals surface area contributed by atoms with Gasteiger partial charge < -0.3 is 10.0 Å². The molecule has 4 nitrogen and oxygen atoms in total. The van der Waals surface area contributed by atoms with E-state index >= 15 is 0 Å².